The Kier molecular flexibility index (Phi) is 3.67. The molecular weight excluding hydrogens is 302 g/mol. The SMILES string of the molecule is CN1CCN(C(=O)c2ccccc2C#N)[C@H]2CS(=O)(=O)C[C@H]21. The van der Waals surface area contributed by atoms with Crippen molar-refractivity contribution in [2.45, 2.75) is 12.1 Å². The number of carbonyl (C=O) groups is 1. The molecular formula is C15H17N3O3S. The van der Waals surface area contributed by atoms with Crippen molar-refractivity contribution < 1.29 is 13.2 Å². The van der Waals surface area contributed by atoms with Gasteiger partial charge in [-0.2, -0.15) is 5.26 Å². The first kappa shape index (κ1) is 15.0. The fourth-order valence-electron chi connectivity index (χ4n) is 3.30. The fourth-order valence-corrected chi connectivity index (χ4v) is 5.36. The predicted molar refractivity (Wildman–Crippen MR) is 81.1 cm³/mol. The summed E-state index contributed by atoms with van der Waals surface area (Å²) in [6, 6.07) is 8.19. The highest BCUT2D eigenvalue weighted by molar-refractivity contribution is 7.91. The third kappa shape index (κ3) is 2.49. The van der Waals surface area contributed by atoms with Crippen LogP contribution in [0.4, 0.5) is 0 Å². The van der Waals surface area contributed by atoms with E-state index in [0.717, 1.165) is 0 Å². The molecule has 2 aliphatic rings. The summed E-state index contributed by atoms with van der Waals surface area (Å²) in [5, 5.41) is 9.15. The lowest BCUT2D eigenvalue weighted by Crippen LogP contribution is -2.59. The number of amides is 1. The number of likely N-dealkylation sites (N-methyl/N-ethyl adjacent to an activating group) is 1. The van der Waals surface area contributed by atoms with Gasteiger partial charge in [-0.3, -0.25) is 9.69 Å². The van der Waals surface area contributed by atoms with E-state index in [4.69, 9.17) is 5.26 Å². The molecule has 0 aromatic heterocycles. The molecule has 0 saturated carbocycles. The van der Waals surface area contributed by atoms with Crippen LogP contribution in [0.15, 0.2) is 24.3 Å². The summed E-state index contributed by atoms with van der Waals surface area (Å²) >= 11 is 0. The van der Waals surface area contributed by atoms with Crippen molar-refractivity contribution in [1.82, 2.24) is 9.80 Å². The number of hydrogen-bond acceptors (Lipinski definition) is 5. The van der Waals surface area contributed by atoms with Crippen LogP contribution >= 0.6 is 0 Å². The van der Waals surface area contributed by atoms with Crippen molar-refractivity contribution >= 4 is 15.7 Å². The summed E-state index contributed by atoms with van der Waals surface area (Å²) in [7, 11) is -1.23. The lowest BCUT2D eigenvalue weighted by Gasteiger charge is -2.42. The van der Waals surface area contributed by atoms with Gasteiger partial charge in [0.2, 0.25) is 0 Å². The molecule has 1 amide bonds. The number of hydrogen-bond donors (Lipinski definition) is 0. The second-order valence-corrected chi connectivity index (χ2v) is 8.00. The van der Waals surface area contributed by atoms with Gasteiger partial charge in [0, 0.05) is 19.1 Å². The van der Waals surface area contributed by atoms with E-state index < -0.39 is 9.84 Å². The molecule has 2 atom stereocenters. The Hall–Kier alpha value is -1.91. The molecule has 2 saturated heterocycles. The van der Waals surface area contributed by atoms with E-state index in [1.54, 1.807) is 29.2 Å². The van der Waals surface area contributed by atoms with Crippen LogP contribution in [0.2, 0.25) is 0 Å². The zero-order chi connectivity index (χ0) is 15.9. The van der Waals surface area contributed by atoms with Crippen molar-refractivity contribution in [1.29, 1.82) is 5.26 Å². The summed E-state index contributed by atoms with van der Waals surface area (Å²) in [6.45, 7) is 1.11. The maximum absolute atomic E-state index is 12.8. The van der Waals surface area contributed by atoms with Crippen LogP contribution in [0.1, 0.15) is 15.9 Å². The van der Waals surface area contributed by atoms with Crippen molar-refractivity contribution in [3.8, 4) is 6.07 Å². The first-order chi connectivity index (χ1) is 10.4. The molecule has 6 nitrogen and oxygen atoms in total. The minimum absolute atomic E-state index is 0.00245. The number of nitrogens with zero attached hydrogens (tertiary/aromatic N) is 3. The van der Waals surface area contributed by atoms with Gasteiger partial charge in [-0.25, -0.2) is 8.42 Å². The molecule has 0 spiro atoms. The monoisotopic (exact) mass is 319 g/mol. The van der Waals surface area contributed by atoms with Crippen LogP contribution in [0.5, 0.6) is 0 Å². The number of benzene rings is 1. The smallest absolute Gasteiger partial charge is 0.255 e. The standard InChI is InChI=1S/C15H17N3O3S/c1-17-6-7-18(14-10-22(20,21)9-13(14)17)15(19)12-5-3-2-4-11(12)8-16/h2-5,13-14H,6-7,9-10H2,1H3/t13-,14+/m1/s1. The van der Waals surface area contributed by atoms with E-state index in [2.05, 4.69) is 0 Å². The van der Waals surface area contributed by atoms with E-state index in [1.165, 1.54) is 0 Å². The Morgan fingerprint density at radius 3 is 2.64 bits per heavy atom. The van der Waals surface area contributed by atoms with Crippen molar-refractivity contribution in [2.75, 3.05) is 31.6 Å². The number of carbonyl (C=O) groups excluding carboxylic acids is 1. The lowest BCUT2D eigenvalue weighted by atomic mass is 10.0. The van der Waals surface area contributed by atoms with Crippen molar-refractivity contribution in [3.05, 3.63) is 35.4 Å². The highest BCUT2D eigenvalue weighted by Crippen LogP contribution is 2.27. The van der Waals surface area contributed by atoms with Crippen molar-refractivity contribution in [3.63, 3.8) is 0 Å². The number of piperazine rings is 1. The van der Waals surface area contributed by atoms with Gasteiger partial charge in [0.25, 0.3) is 5.91 Å². The Labute approximate surface area is 129 Å². The Balaban J connectivity index is 1.95. The molecule has 1 aromatic rings. The van der Waals surface area contributed by atoms with Crippen LogP contribution in [0, 0.1) is 11.3 Å². The lowest BCUT2D eigenvalue weighted by molar-refractivity contribution is 0.0409. The van der Waals surface area contributed by atoms with E-state index >= 15 is 0 Å². The second-order valence-electron chi connectivity index (χ2n) is 5.85. The molecule has 2 fully saturated rings. The minimum atomic E-state index is -3.13. The number of fused-ring (bicyclic) bond motifs is 1. The predicted octanol–water partition coefficient (Wildman–Crippen LogP) is 0.111. The first-order valence-corrected chi connectivity index (χ1v) is 8.96. The van der Waals surface area contributed by atoms with Gasteiger partial charge in [0.05, 0.1) is 34.7 Å². The third-order valence-corrected chi connectivity index (χ3v) is 6.19. The average molecular weight is 319 g/mol. The molecule has 0 N–H and O–H groups in total. The molecule has 2 heterocycles. The zero-order valence-corrected chi connectivity index (χ0v) is 13.1. The highest BCUT2D eigenvalue weighted by atomic mass is 32.2. The van der Waals surface area contributed by atoms with E-state index in [9.17, 15) is 13.2 Å². The third-order valence-electron chi connectivity index (χ3n) is 4.49. The van der Waals surface area contributed by atoms with Crippen LogP contribution in [-0.2, 0) is 9.84 Å². The Bertz CT molecular complexity index is 754. The van der Waals surface area contributed by atoms with Crippen LogP contribution in [0.3, 0.4) is 0 Å². The summed E-state index contributed by atoms with van der Waals surface area (Å²) < 4.78 is 23.9. The van der Waals surface area contributed by atoms with Gasteiger partial charge < -0.3 is 4.90 Å². The Morgan fingerprint density at radius 2 is 1.91 bits per heavy atom. The number of rotatable bonds is 1. The van der Waals surface area contributed by atoms with Crippen LogP contribution in [-0.4, -0.2) is 67.9 Å². The van der Waals surface area contributed by atoms with Gasteiger partial charge in [0.15, 0.2) is 9.84 Å². The molecule has 1 aromatic carbocycles. The van der Waals surface area contributed by atoms with Gasteiger partial charge in [-0.05, 0) is 19.2 Å². The largest absolute Gasteiger partial charge is 0.332 e. The maximum Gasteiger partial charge on any atom is 0.255 e. The molecule has 2 aliphatic heterocycles. The van der Waals surface area contributed by atoms with E-state index in [1.807, 2.05) is 18.0 Å². The molecule has 3 rings (SSSR count). The summed E-state index contributed by atoms with van der Waals surface area (Å²) in [5.41, 5.74) is 0.668. The quantitative estimate of drug-likeness (QED) is 0.734. The molecule has 0 aliphatic carbocycles. The summed E-state index contributed by atoms with van der Waals surface area (Å²) in [4.78, 5) is 16.4. The second kappa shape index (κ2) is 5.38. The topological polar surface area (TPSA) is 81.5 Å². The molecule has 0 bridgehead atoms. The Morgan fingerprint density at radius 1 is 1.23 bits per heavy atom. The molecule has 0 radical (unpaired) electrons. The van der Waals surface area contributed by atoms with E-state index in [-0.39, 0.29) is 29.5 Å². The normalized spacial score (nSPS) is 27.2. The number of sulfone groups is 1. The molecule has 7 heteroatoms. The maximum atomic E-state index is 12.8. The molecule has 22 heavy (non-hydrogen) atoms. The van der Waals surface area contributed by atoms with Crippen LogP contribution < -0.4 is 0 Å². The zero-order valence-electron chi connectivity index (χ0n) is 12.3. The van der Waals surface area contributed by atoms with Gasteiger partial charge >= 0.3 is 0 Å². The fraction of sp³-hybridized carbons (Fsp3) is 0.467. The van der Waals surface area contributed by atoms with Gasteiger partial charge in [-0.1, -0.05) is 12.1 Å². The van der Waals surface area contributed by atoms with E-state index in [0.29, 0.717) is 24.2 Å². The van der Waals surface area contributed by atoms with Gasteiger partial charge in [-0.15, -0.1) is 0 Å². The molecule has 116 valence electrons. The molecule has 0 unspecified atom stereocenters. The highest BCUT2D eigenvalue weighted by Gasteiger charge is 2.47. The van der Waals surface area contributed by atoms with Crippen LogP contribution in [0.25, 0.3) is 0 Å². The first-order valence-electron chi connectivity index (χ1n) is 7.14. The summed E-state index contributed by atoms with van der Waals surface area (Å²) in [6.07, 6.45) is 0. The minimum Gasteiger partial charge on any atom is -0.332 e. The average Bonchev–Trinajstić information content (AvgIpc) is 2.83. The van der Waals surface area contributed by atoms with Crippen molar-refractivity contribution in [2.24, 2.45) is 0 Å². The summed E-state index contributed by atoms with van der Waals surface area (Å²) in [5.74, 6) is -0.155. The number of nitriles is 1. The van der Waals surface area contributed by atoms with Gasteiger partial charge in [0.1, 0.15) is 0 Å².